The minimum absolute atomic E-state index is 0. The van der Waals surface area contributed by atoms with Crippen LogP contribution in [-0.4, -0.2) is 58.4 Å². The van der Waals surface area contributed by atoms with E-state index in [1.807, 2.05) is 20.8 Å². The van der Waals surface area contributed by atoms with Crippen molar-refractivity contribution >= 4 is 11.6 Å². The molecule has 0 aliphatic heterocycles. The average Bonchev–Trinajstić information content (AvgIpc) is 2.69. The first-order valence-corrected chi connectivity index (χ1v) is 11.0. The topological polar surface area (TPSA) is 93.1 Å². The van der Waals surface area contributed by atoms with E-state index in [1.165, 1.54) is 0 Å². The Labute approximate surface area is 196 Å². The molecule has 0 aromatic heterocycles. The molecular weight excluding hydrogens is 408 g/mol. The van der Waals surface area contributed by atoms with Gasteiger partial charge >= 0.3 is 0 Å². The summed E-state index contributed by atoms with van der Waals surface area (Å²) in [5.41, 5.74) is -1.10. The van der Waals surface area contributed by atoms with Crippen LogP contribution in [0.3, 0.4) is 0 Å². The van der Waals surface area contributed by atoms with Gasteiger partial charge in [-0.2, -0.15) is 0 Å². The molecule has 0 aromatic rings. The van der Waals surface area contributed by atoms with Gasteiger partial charge in [-0.3, -0.25) is 9.59 Å². The molecule has 188 valence electrons. The SMILES string of the molecule is C.C.C=C(C)C1(O)CCC(C)C(O)C1=O.C=C(C)C1(OCC)CCC(C)C(OCC)C1=O. The molecule has 6 nitrogen and oxygen atoms in total. The predicted molar refractivity (Wildman–Crippen MR) is 131 cm³/mol. The van der Waals surface area contributed by atoms with E-state index < -0.39 is 23.1 Å². The molecule has 6 atom stereocenters. The first kappa shape index (κ1) is 32.8. The van der Waals surface area contributed by atoms with Crippen molar-refractivity contribution in [3.05, 3.63) is 24.3 Å². The largest absolute Gasteiger partial charge is 0.385 e. The Balaban J connectivity index is 0. The Hall–Kier alpha value is -1.34. The Kier molecular flexibility index (Phi) is 13.7. The van der Waals surface area contributed by atoms with Crippen molar-refractivity contribution in [2.24, 2.45) is 11.8 Å². The van der Waals surface area contributed by atoms with E-state index in [4.69, 9.17) is 9.47 Å². The lowest BCUT2D eigenvalue weighted by Crippen LogP contribution is -2.54. The van der Waals surface area contributed by atoms with Gasteiger partial charge in [0, 0.05) is 13.2 Å². The zero-order valence-electron chi connectivity index (χ0n) is 19.5. The van der Waals surface area contributed by atoms with Gasteiger partial charge in [-0.15, -0.1) is 0 Å². The van der Waals surface area contributed by atoms with Crippen molar-refractivity contribution < 1.29 is 29.3 Å². The summed E-state index contributed by atoms with van der Waals surface area (Å²) in [5.74, 6) is -0.256. The van der Waals surface area contributed by atoms with Crippen LogP contribution < -0.4 is 0 Å². The third kappa shape index (κ3) is 6.60. The number of rotatable bonds is 6. The third-order valence-corrected chi connectivity index (χ3v) is 6.43. The van der Waals surface area contributed by atoms with Crippen molar-refractivity contribution in [1.29, 1.82) is 0 Å². The molecule has 6 unspecified atom stereocenters. The Morgan fingerprint density at radius 1 is 0.969 bits per heavy atom. The molecule has 0 bridgehead atoms. The quantitative estimate of drug-likeness (QED) is 0.564. The highest BCUT2D eigenvalue weighted by atomic mass is 16.5. The first-order valence-electron chi connectivity index (χ1n) is 11.0. The fourth-order valence-electron chi connectivity index (χ4n) is 4.19. The average molecular weight is 457 g/mol. The van der Waals surface area contributed by atoms with Gasteiger partial charge in [-0.1, -0.05) is 41.9 Å². The first-order chi connectivity index (χ1) is 13.9. The predicted octanol–water partition coefficient (Wildman–Crippen LogP) is 4.67. The van der Waals surface area contributed by atoms with Crippen molar-refractivity contribution in [2.75, 3.05) is 13.2 Å². The summed E-state index contributed by atoms with van der Waals surface area (Å²) in [7, 11) is 0. The lowest BCUT2D eigenvalue weighted by molar-refractivity contribution is -0.162. The number of carbonyl (C=O) groups excluding carboxylic acids is 2. The standard InChI is InChI=1S/C14H24O3.C10H16O3.2CH4/c1-6-16-12-11(5)8-9-14(10(3)4,13(12)15)17-7-2;1-6(2)10(13)5-4-7(3)8(11)9(10)12;;/h11-12H,3,6-9H2,1-2,4-5H3;7-8,11,13H,1,4-5H2,2-3H3;2*1H4. The van der Waals surface area contributed by atoms with Crippen molar-refractivity contribution in [3.8, 4) is 0 Å². The summed E-state index contributed by atoms with van der Waals surface area (Å²) < 4.78 is 11.3. The maximum Gasteiger partial charge on any atom is 0.197 e. The highest BCUT2D eigenvalue weighted by Crippen LogP contribution is 2.38. The molecule has 2 rings (SSSR count). The molecule has 2 N–H and O–H groups in total. The van der Waals surface area contributed by atoms with Gasteiger partial charge in [0.2, 0.25) is 0 Å². The molecule has 2 aliphatic carbocycles. The lowest BCUT2D eigenvalue weighted by atomic mass is 9.73. The molecule has 2 fully saturated rings. The summed E-state index contributed by atoms with van der Waals surface area (Å²) in [6.07, 6.45) is 1.28. The Morgan fingerprint density at radius 3 is 1.94 bits per heavy atom. The number of Topliss-reactive ketones (excluding diaryl/α,β-unsaturated/α-hetero) is 2. The molecular formula is C26H48O6. The molecule has 0 heterocycles. The minimum Gasteiger partial charge on any atom is -0.385 e. The molecule has 0 amide bonds. The van der Waals surface area contributed by atoms with Crippen molar-refractivity contribution in [3.63, 3.8) is 0 Å². The van der Waals surface area contributed by atoms with Crippen LogP contribution in [0.2, 0.25) is 0 Å². The van der Waals surface area contributed by atoms with Crippen LogP contribution in [0.15, 0.2) is 24.3 Å². The fraction of sp³-hybridized carbons (Fsp3) is 0.769. The molecule has 32 heavy (non-hydrogen) atoms. The molecule has 0 spiro atoms. The van der Waals surface area contributed by atoms with E-state index in [0.717, 1.165) is 18.4 Å². The highest BCUT2D eigenvalue weighted by molar-refractivity contribution is 5.95. The zero-order valence-corrected chi connectivity index (χ0v) is 19.5. The van der Waals surface area contributed by atoms with E-state index in [0.29, 0.717) is 31.6 Å². The van der Waals surface area contributed by atoms with E-state index in [2.05, 4.69) is 20.1 Å². The summed E-state index contributed by atoms with van der Waals surface area (Å²) in [5, 5.41) is 19.4. The van der Waals surface area contributed by atoms with Crippen molar-refractivity contribution in [1.82, 2.24) is 0 Å². The Morgan fingerprint density at radius 2 is 1.50 bits per heavy atom. The van der Waals surface area contributed by atoms with Crippen LogP contribution in [0.4, 0.5) is 0 Å². The summed E-state index contributed by atoms with van der Waals surface area (Å²) in [6.45, 7) is 19.8. The van der Waals surface area contributed by atoms with Crippen LogP contribution in [0, 0.1) is 11.8 Å². The van der Waals surface area contributed by atoms with Crippen LogP contribution in [0.1, 0.15) is 82.1 Å². The summed E-state index contributed by atoms with van der Waals surface area (Å²) in [6, 6.07) is 0. The molecule has 0 saturated heterocycles. The number of aliphatic hydroxyl groups is 2. The van der Waals surface area contributed by atoms with Crippen LogP contribution >= 0.6 is 0 Å². The smallest absolute Gasteiger partial charge is 0.197 e. The summed E-state index contributed by atoms with van der Waals surface area (Å²) >= 11 is 0. The fourth-order valence-corrected chi connectivity index (χ4v) is 4.19. The van der Waals surface area contributed by atoms with Gasteiger partial charge in [-0.25, -0.2) is 0 Å². The third-order valence-electron chi connectivity index (χ3n) is 6.43. The van der Waals surface area contributed by atoms with Gasteiger partial charge in [0.15, 0.2) is 11.6 Å². The minimum atomic E-state index is -1.49. The van der Waals surface area contributed by atoms with E-state index in [1.54, 1.807) is 13.8 Å². The number of aliphatic hydroxyl groups excluding tert-OH is 1. The monoisotopic (exact) mass is 456 g/mol. The molecule has 6 heteroatoms. The van der Waals surface area contributed by atoms with Crippen LogP contribution in [0.5, 0.6) is 0 Å². The maximum atomic E-state index is 12.6. The second-order valence-corrected chi connectivity index (χ2v) is 8.76. The van der Waals surface area contributed by atoms with Gasteiger partial charge in [0.25, 0.3) is 0 Å². The van der Waals surface area contributed by atoms with Crippen LogP contribution in [-0.2, 0) is 19.1 Å². The number of ether oxygens (including phenoxy) is 2. The van der Waals surface area contributed by atoms with Gasteiger partial charge in [0.05, 0.1) is 0 Å². The van der Waals surface area contributed by atoms with E-state index in [-0.39, 0.29) is 38.6 Å². The van der Waals surface area contributed by atoms with E-state index in [9.17, 15) is 19.8 Å². The van der Waals surface area contributed by atoms with E-state index >= 15 is 0 Å². The molecule has 2 aliphatic rings. The Bertz CT molecular complexity index is 657. The number of ketones is 2. The molecule has 2 saturated carbocycles. The highest BCUT2D eigenvalue weighted by Gasteiger charge is 2.49. The second-order valence-electron chi connectivity index (χ2n) is 8.76. The number of hydrogen-bond acceptors (Lipinski definition) is 6. The second kappa shape index (κ2) is 13.4. The molecule has 0 aromatic carbocycles. The number of carbonyl (C=O) groups is 2. The maximum absolute atomic E-state index is 12.6. The zero-order chi connectivity index (χ0) is 23.3. The normalized spacial score (nSPS) is 34.4. The van der Waals surface area contributed by atoms with Crippen LogP contribution in [0.25, 0.3) is 0 Å². The van der Waals surface area contributed by atoms with Crippen molar-refractivity contribution in [2.45, 2.75) is 105 Å². The number of hydrogen-bond donors (Lipinski definition) is 2. The van der Waals surface area contributed by atoms with Gasteiger partial charge in [0.1, 0.15) is 23.4 Å². The summed E-state index contributed by atoms with van der Waals surface area (Å²) in [4.78, 5) is 24.1. The lowest BCUT2D eigenvalue weighted by Gasteiger charge is -2.42. The molecule has 0 radical (unpaired) electrons. The van der Waals surface area contributed by atoms with Gasteiger partial charge in [-0.05, 0) is 76.4 Å². The van der Waals surface area contributed by atoms with Gasteiger partial charge < -0.3 is 19.7 Å².